The fourth-order valence-corrected chi connectivity index (χ4v) is 2.74. The number of aryl methyl sites for hydroxylation is 1. The molecule has 1 amide bonds. The molecule has 0 aliphatic heterocycles. The molecular weight excluding hydrogens is 316 g/mol. The minimum atomic E-state index is -0.492. The third kappa shape index (κ3) is 4.07. The van der Waals surface area contributed by atoms with Crippen LogP contribution in [0.3, 0.4) is 0 Å². The van der Waals surface area contributed by atoms with E-state index in [0.717, 1.165) is 16.5 Å². The van der Waals surface area contributed by atoms with Crippen LogP contribution >= 0.6 is 0 Å². The van der Waals surface area contributed by atoms with E-state index in [1.165, 1.54) is 0 Å². The van der Waals surface area contributed by atoms with Crippen molar-refractivity contribution in [2.45, 2.75) is 20.1 Å². The Morgan fingerprint density at radius 2 is 1.80 bits per heavy atom. The predicted molar refractivity (Wildman–Crippen MR) is 97.6 cm³/mol. The number of pyridine rings is 1. The molecule has 25 heavy (non-hydrogen) atoms. The van der Waals surface area contributed by atoms with Crippen LogP contribution in [0, 0.1) is 6.92 Å². The molecule has 0 fully saturated rings. The highest BCUT2D eigenvalue weighted by atomic mass is 16.5. The fourth-order valence-electron chi connectivity index (χ4n) is 2.74. The van der Waals surface area contributed by atoms with E-state index >= 15 is 0 Å². The molecule has 0 atom stereocenters. The molecule has 0 spiro atoms. The Labute approximate surface area is 145 Å². The third-order valence-electron chi connectivity index (χ3n) is 4.00. The number of alkyl carbamates (subject to hydrolysis) is 1. The minimum Gasteiger partial charge on any atom is -0.445 e. The Kier molecular flexibility index (Phi) is 5.14. The second-order valence-corrected chi connectivity index (χ2v) is 5.83. The van der Waals surface area contributed by atoms with Crippen LogP contribution < -0.4 is 10.9 Å². The van der Waals surface area contributed by atoms with Crippen LogP contribution in [0.25, 0.3) is 10.9 Å². The average molecular weight is 336 g/mol. The maximum Gasteiger partial charge on any atom is 0.407 e. The molecule has 128 valence electrons. The SMILES string of the molecule is Cc1cc2ccccc2n(CCNC(=O)OCc2ccccc2)c1=O. The number of carbonyl (C=O) groups excluding carboxylic acids is 1. The van der Waals surface area contributed by atoms with E-state index in [-0.39, 0.29) is 12.2 Å². The van der Waals surface area contributed by atoms with E-state index in [0.29, 0.717) is 18.7 Å². The first-order valence-electron chi connectivity index (χ1n) is 8.19. The van der Waals surface area contributed by atoms with Gasteiger partial charge in [-0.25, -0.2) is 4.79 Å². The summed E-state index contributed by atoms with van der Waals surface area (Å²) in [5.41, 5.74) is 2.43. The van der Waals surface area contributed by atoms with Gasteiger partial charge in [-0.1, -0.05) is 48.5 Å². The molecule has 1 aromatic heterocycles. The first kappa shape index (κ1) is 16.8. The van der Waals surface area contributed by atoms with Gasteiger partial charge in [-0.3, -0.25) is 4.79 Å². The highest BCUT2D eigenvalue weighted by Gasteiger charge is 2.07. The third-order valence-corrected chi connectivity index (χ3v) is 4.00. The van der Waals surface area contributed by atoms with Crippen LogP contribution in [0.1, 0.15) is 11.1 Å². The van der Waals surface area contributed by atoms with Crippen LogP contribution in [0.15, 0.2) is 65.5 Å². The summed E-state index contributed by atoms with van der Waals surface area (Å²) in [5, 5.41) is 3.70. The lowest BCUT2D eigenvalue weighted by Crippen LogP contribution is -2.32. The van der Waals surface area contributed by atoms with Crippen LogP contribution in [0.2, 0.25) is 0 Å². The number of benzene rings is 2. The topological polar surface area (TPSA) is 60.3 Å². The molecule has 3 aromatic rings. The molecule has 0 unspecified atom stereocenters. The Balaban J connectivity index is 1.60. The summed E-state index contributed by atoms with van der Waals surface area (Å²) in [6.07, 6.45) is -0.492. The van der Waals surface area contributed by atoms with Gasteiger partial charge in [0.15, 0.2) is 0 Å². The maximum absolute atomic E-state index is 12.4. The number of aromatic nitrogens is 1. The minimum absolute atomic E-state index is 0.0434. The van der Waals surface area contributed by atoms with Gasteiger partial charge in [0.1, 0.15) is 6.61 Å². The Morgan fingerprint density at radius 1 is 1.08 bits per heavy atom. The van der Waals surface area contributed by atoms with Gasteiger partial charge in [0.25, 0.3) is 5.56 Å². The van der Waals surface area contributed by atoms with Gasteiger partial charge in [-0.2, -0.15) is 0 Å². The monoisotopic (exact) mass is 336 g/mol. The van der Waals surface area contributed by atoms with E-state index in [2.05, 4.69) is 5.32 Å². The smallest absolute Gasteiger partial charge is 0.407 e. The molecule has 0 saturated heterocycles. The average Bonchev–Trinajstić information content (AvgIpc) is 2.64. The lowest BCUT2D eigenvalue weighted by Gasteiger charge is -2.12. The van der Waals surface area contributed by atoms with Crippen LogP contribution in [-0.2, 0) is 17.9 Å². The quantitative estimate of drug-likeness (QED) is 0.778. The number of nitrogens with zero attached hydrogens (tertiary/aromatic N) is 1. The van der Waals surface area contributed by atoms with Crippen molar-refractivity contribution < 1.29 is 9.53 Å². The summed E-state index contributed by atoms with van der Waals surface area (Å²) < 4.78 is 6.85. The Morgan fingerprint density at radius 3 is 2.60 bits per heavy atom. The van der Waals surface area contributed by atoms with E-state index in [1.807, 2.05) is 60.7 Å². The fraction of sp³-hybridized carbons (Fsp3) is 0.200. The predicted octanol–water partition coefficient (Wildman–Crippen LogP) is 3.24. The Hall–Kier alpha value is -3.08. The second-order valence-electron chi connectivity index (χ2n) is 5.83. The van der Waals surface area contributed by atoms with E-state index in [4.69, 9.17) is 4.74 Å². The zero-order valence-corrected chi connectivity index (χ0v) is 14.1. The molecule has 0 saturated carbocycles. The van der Waals surface area contributed by atoms with Crippen molar-refractivity contribution >= 4 is 17.0 Å². The molecule has 2 aromatic carbocycles. The number of fused-ring (bicyclic) bond motifs is 1. The van der Waals surface area contributed by atoms with Gasteiger partial charge in [0.2, 0.25) is 0 Å². The van der Waals surface area contributed by atoms with Crippen molar-refractivity contribution in [2.24, 2.45) is 0 Å². The lowest BCUT2D eigenvalue weighted by molar-refractivity contribution is 0.139. The molecular formula is C20H20N2O3. The number of carbonyl (C=O) groups is 1. The summed E-state index contributed by atoms with van der Waals surface area (Å²) in [5.74, 6) is 0. The molecule has 0 bridgehead atoms. The molecule has 0 aliphatic carbocycles. The number of hydrogen-bond acceptors (Lipinski definition) is 3. The largest absolute Gasteiger partial charge is 0.445 e. The molecule has 3 rings (SSSR count). The number of para-hydroxylation sites is 1. The first-order chi connectivity index (χ1) is 12.1. The zero-order valence-electron chi connectivity index (χ0n) is 14.1. The molecule has 0 aliphatic rings. The molecule has 1 N–H and O–H groups in total. The van der Waals surface area contributed by atoms with Gasteiger partial charge in [0.05, 0.1) is 5.52 Å². The van der Waals surface area contributed by atoms with E-state index in [9.17, 15) is 9.59 Å². The number of ether oxygens (including phenoxy) is 1. The number of nitrogens with one attached hydrogen (secondary N) is 1. The molecule has 1 heterocycles. The van der Waals surface area contributed by atoms with Crippen molar-refractivity contribution in [3.05, 3.63) is 82.1 Å². The molecule has 5 heteroatoms. The number of hydrogen-bond donors (Lipinski definition) is 1. The number of rotatable bonds is 5. The lowest BCUT2D eigenvalue weighted by atomic mass is 10.1. The van der Waals surface area contributed by atoms with Gasteiger partial charge in [0, 0.05) is 18.7 Å². The molecule has 5 nitrogen and oxygen atoms in total. The zero-order chi connectivity index (χ0) is 17.6. The summed E-state index contributed by atoms with van der Waals surface area (Å²) >= 11 is 0. The molecule has 0 radical (unpaired) electrons. The van der Waals surface area contributed by atoms with Crippen molar-refractivity contribution in [3.63, 3.8) is 0 Å². The van der Waals surface area contributed by atoms with Gasteiger partial charge in [-0.15, -0.1) is 0 Å². The summed E-state index contributed by atoms with van der Waals surface area (Å²) in [7, 11) is 0. The van der Waals surface area contributed by atoms with Gasteiger partial charge >= 0.3 is 6.09 Å². The Bertz CT molecular complexity index is 933. The standard InChI is InChI=1S/C20H20N2O3/c1-15-13-17-9-5-6-10-18(17)22(19(15)23)12-11-21-20(24)25-14-16-7-3-2-4-8-16/h2-10,13H,11-12,14H2,1H3,(H,21,24). The van der Waals surface area contributed by atoms with Crippen LogP contribution in [-0.4, -0.2) is 17.2 Å². The highest BCUT2D eigenvalue weighted by Crippen LogP contribution is 2.12. The highest BCUT2D eigenvalue weighted by molar-refractivity contribution is 5.79. The van der Waals surface area contributed by atoms with Crippen molar-refractivity contribution in [1.82, 2.24) is 9.88 Å². The first-order valence-corrected chi connectivity index (χ1v) is 8.19. The van der Waals surface area contributed by atoms with Gasteiger partial charge < -0.3 is 14.6 Å². The van der Waals surface area contributed by atoms with Crippen molar-refractivity contribution in [3.8, 4) is 0 Å². The maximum atomic E-state index is 12.4. The number of amides is 1. The van der Waals surface area contributed by atoms with Gasteiger partial charge in [-0.05, 0) is 30.0 Å². The van der Waals surface area contributed by atoms with Crippen LogP contribution in [0.4, 0.5) is 4.79 Å². The van der Waals surface area contributed by atoms with Crippen molar-refractivity contribution in [1.29, 1.82) is 0 Å². The summed E-state index contributed by atoms with van der Waals surface area (Å²) in [6.45, 7) is 2.73. The summed E-state index contributed by atoms with van der Waals surface area (Å²) in [6, 6.07) is 19.1. The van der Waals surface area contributed by atoms with Crippen LogP contribution in [0.5, 0.6) is 0 Å². The summed E-state index contributed by atoms with van der Waals surface area (Å²) in [4.78, 5) is 24.2. The van der Waals surface area contributed by atoms with E-state index in [1.54, 1.807) is 11.5 Å². The second kappa shape index (κ2) is 7.66. The normalized spacial score (nSPS) is 10.6. The van der Waals surface area contributed by atoms with Crippen molar-refractivity contribution in [2.75, 3.05) is 6.54 Å². The van der Waals surface area contributed by atoms with E-state index < -0.39 is 6.09 Å².